The molecule has 0 aliphatic rings. The molecule has 0 saturated carbocycles. The van der Waals surface area contributed by atoms with Gasteiger partial charge >= 0.3 is 0 Å². The molecule has 1 aromatic rings. The maximum Gasteiger partial charge on any atom is 0.0251 e. The zero-order valence-corrected chi connectivity index (χ0v) is 8.33. The lowest BCUT2D eigenvalue weighted by molar-refractivity contribution is 0.744. The van der Waals surface area contributed by atoms with Crippen molar-refractivity contribution in [2.75, 3.05) is 0 Å². The third kappa shape index (κ3) is 3.03. The Kier molecular flexibility index (Phi) is 3.71. The van der Waals surface area contributed by atoms with Gasteiger partial charge in [0.25, 0.3) is 0 Å². The Hall–Kier alpha value is -1.08. The summed E-state index contributed by atoms with van der Waals surface area (Å²) < 4.78 is 0. The summed E-state index contributed by atoms with van der Waals surface area (Å²) in [6.07, 6.45) is 3.14. The summed E-state index contributed by atoms with van der Waals surface area (Å²) in [4.78, 5) is 0. The Morgan fingerprint density at radius 2 is 2.00 bits per heavy atom. The van der Waals surface area contributed by atoms with E-state index in [1.807, 2.05) is 18.2 Å². The molecule has 1 atom stereocenters. The molecule has 1 aromatic carbocycles. The van der Waals surface area contributed by atoms with E-state index in [1.54, 1.807) is 0 Å². The van der Waals surface area contributed by atoms with Gasteiger partial charge in [-0.25, -0.2) is 0 Å². The lowest BCUT2D eigenvalue weighted by Gasteiger charge is -2.08. The molecule has 70 valence electrons. The van der Waals surface area contributed by atoms with Crippen molar-refractivity contribution in [3.05, 3.63) is 41.5 Å². The summed E-state index contributed by atoms with van der Waals surface area (Å²) in [5.41, 5.74) is 8.37. The van der Waals surface area contributed by atoms with Crippen molar-refractivity contribution >= 4 is 6.08 Å². The van der Waals surface area contributed by atoms with Crippen molar-refractivity contribution < 1.29 is 0 Å². The zero-order chi connectivity index (χ0) is 9.68. The molecular formula is C12H17N. The highest BCUT2D eigenvalue weighted by atomic mass is 14.6. The predicted octanol–water partition coefficient (Wildman–Crippen LogP) is 2.83. The van der Waals surface area contributed by atoms with Gasteiger partial charge in [-0.15, -0.1) is 0 Å². The quantitative estimate of drug-likeness (QED) is 0.751. The van der Waals surface area contributed by atoms with Gasteiger partial charge in [-0.2, -0.15) is 0 Å². The molecule has 1 heteroatoms. The van der Waals surface area contributed by atoms with Crippen LogP contribution in [0.2, 0.25) is 0 Å². The van der Waals surface area contributed by atoms with Gasteiger partial charge in [-0.1, -0.05) is 48.9 Å². The number of benzene rings is 1. The van der Waals surface area contributed by atoms with E-state index in [0.717, 1.165) is 6.42 Å². The van der Waals surface area contributed by atoms with Crippen molar-refractivity contribution in [3.8, 4) is 0 Å². The lowest BCUT2D eigenvalue weighted by Crippen LogP contribution is -2.19. The normalized spacial score (nSPS) is 14.2. The topological polar surface area (TPSA) is 26.0 Å². The van der Waals surface area contributed by atoms with Crippen molar-refractivity contribution in [1.82, 2.24) is 0 Å². The Labute approximate surface area is 80.3 Å². The molecule has 0 amide bonds. The maximum absolute atomic E-state index is 5.90. The molecule has 0 saturated heterocycles. The maximum atomic E-state index is 5.90. The average molecular weight is 175 g/mol. The lowest BCUT2D eigenvalue weighted by atomic mass is 10.0. The highest BCUT2D eigenvalue weighted by Crippen LogP contribution is 2.09. The van der Waals surface area contributed by atoms with E-state index in [0.29, 0.717) is 0 Å². The minimum absolute atomic E-state index is 0.195. The van der Waals surface area contributed by atoms with Crippen LogP contribution >= 0.6 is 0 Å². The molecule has 0 aliphatic heterocycles. The van der Waals surface area contributed by atoms with E-state index < -0.39 is 0 Å². The first kappa shape index (κ1) is 10.0. The summed E-state index contributed by atoms with van der Waals surface area (Å²) in [6.45, 7) is 4.19. The largest absolute Gasteiger partial charge is 0.324 e. The molecule has 13 heavy (non-hydrogen) atoms. The van der Waals surface area contributed by atoms with E-state index in [9.17, 15) is 0 Å². The van der Waals surface area contributed by atoms with E-state index in [4.69, 9.17) is 5.73 Å². The molecule has 2 N–H and O–H groups in total. The number of hydrogen-bond donors (Lipinski definition) is 1. The van der Waals surface area contributed by atoms with Gasteiger partial charge in [0.1, 0.15) is 0 Å². The van der Waals surface area contributed by atoms with Gasteiger partial charge in [0.2, 0.25) is 0 Å². The van der Waals surface area contributed by atoms with Crippen LogP contribution in [0.1, 0.15) is 25.8 Å². The van der Waals surface area contributed by atoms with Gasteiger partial charge in [0.15, 0.2) is 0 Å². The van der Waals surface area contributed by atoms with Crippen molar-refractivity contribution in [1.29, 1.82) is 0 Å². The number of nitrogens with two attached hydrogens (primary N) is 1. The van der Waals surface area contributed by atoms with Gasteiger partial charge in [-0.05, 0) is 18.9 Å². The molecule has 1 nitrogen and oxygen atoms in total. The average Bonchev–Trinajstić information content (AvgIpc) is 2.18. The van der Waals surface area contributed by atoms with Gasteiger partial charge in [0, 0.05) is 6.04 Å². The minimum atomic E-state index is 0.195. The van der Waals surface area contributed by atoms with Crippen LogP contribution < -0.4 is 5.73 Å². The molecule has 1 rings (SSSR count). The van der Waals surface area contributed by atoms with Crippen LogP contribution in [-0.2, 0) is 0 Å². The van der Waals surface area contributed by atoms with E-state index >= 15 is 0 Å². The SMILES string of the molecule is CC[C@@H](N)/C(C)=C/c1ccccc1. The van der Waals surface area contributed by atoms with Crippen LogP contribution in [0.4, 0.5) is 0 Å². The Morgan fingerprint density at radius 3 is 2.54 bits per heavy atom. The van der Waals surface area contributed by atoms with Gasteiger partial charge in [0.05, 0.1) is 0 Å². The molecule has 0 bridgehead atoms. The van der Waals surface area contributed by atoms with Gasteiger partial charge in [-0.3, -0.25) is 0 Å². The third-order valence-electron chi connectivity index (χ3n) is 2.22. The fraction of sp³-hybridized carbons (Fsp3) is 0.333. The Bertz CT molecular complexity index is 274. The summed E-state index contributed by atoms with van der Waals surface area (Å²) in [5.74, 6) is 0. The minimum Gasteiger partial charge on any atom is -0.324 e. The van der Waals surface area contributed by atoms with Crippen molar-refractivity contribution in [2.45, 2.75) is 26.3 Å². The fourth-order valence-electron chi connectivity index (χ4n) is 1.24. The molecule has 0 aromatic heterocycles. The van der Waals surface area contributed by atoms with E-state index in [-0.39, 0.29) is 6.04 Å². The molecule has 0 aliphatic carbocycles. The third-order valence-corrected chi connectivity index (χ3v) is 2.22. The van der Waals surface area contributed by atoms with Crippen LogP contribution in [0.5, 0.6) is 0 Å². The van der Waals surface area contributed by atoms with Crippen LogP contribution in [0.25, 0.3) is 6.08 Å². The summed E-state index contributed by atoms with van der Waals surface area (Å²) in [6, 6.07) is 10.5. The molecular weight excluding hydrogens is 158 g/mol. The Balaban J connectivity index is 2.77. The number of rotatable bonds is 3. The first-order valence-corrected chi connectivity index (χ1v) is 4.73. The highest BCUT2D eigenvalue weighted by molar-refractivity contribution is 5.53. The van der Waals surface area contributed by atoms with Crippen LogP contribution in [0.3, 0.4) is 0 Å². The first-order valence-electron chi connectivity index (χ1n) is 4.73. The van der Waals surface area contributed by atoms with Gasteiger partial charge < -0.3 is 5.73 Å². The van der Waals surface area contributed by atoms with Crippen LogP contribution in [-0.4, -0.2) is 6.04 Å². The summed E-state index contributed by atoms with van der Waals surface area (Å²) in [5, 5.41) is 0. The van der Waals surface area contributed by atoms with E-state index in [1.165, 1.54) is 11.1 Å². The monoisotopic (exact) mass is 175 g/mol. The van der Waals surface area contributed by atoms with Crippen molar-refractivity contribution in [3.63, 3.8) is 0 Å². The van der Waals surface area contributed by atoms with E-state index in [2.05, 4.69) is 32.1 Å². The second-order valence-electron chi connectivity index (χ2n) is 3.31. The second-order valence-corrected chi connectivity index (χ2v) is 3.31. The zero-order valence-electron chi connectivity index (χ0n) is 8.33. The van der Waals surface area contributed by atoms with Crippen LogP contribution in [0.15, 0.2) is 35.9 Å². The molecule has 0 spiro atoms. The van der Waals surface area contributed by atoms with Crippen molar-refractivity contribution in [2.24, 2.45) is 5.73 Å². The predicted molar refractivity (Wildman–Crippen MR) is 58.4 cm³/mol. The number of hydrogen-bond acceptors (Lipinski definition) is 1. The first-order chi connectivity index (χ1) is 6.24. The molecule has 0 radical (unpaired) electrons. The summed E-state index contributed by atoms with van der Waals surface area (Å²) >= 11 is 0. The molecule has 0 fully saturated rings. The second kappa shape index (κ2) is 4.83. The summed E-state index contributed by atoms with van der Waals surface area (Å²) in [7, 11) is 0. The highest BCUT2D eigenvalue weighted by Gasteiger charge is 2.00. The smallest absolute Gasteiger partial charge is 0.0251 e. The van der Waals surface area contributed by atoms with Crippen LogP contribution in [0, 0.1) is 0 Å². The molecule has 0 heterocycles. The standard InChI is InChI=1S/C12H17N/c1-3-12(13)10(2)9-11-7-5-4-6-8-11/h4-9,12H,3,13H2,1-2H3/b10-9+/t12-/m1/s1. The Morgan fingerprint density at radius 1 is 1.38 bits per heavy atom. The fourth-order valence-corrected chi connectivity index (χ4v) is 1.24. The molecule has 0 unspecified atom stereocenters.